The van der Waals surface area contributed by atoms with Crippen molar-refractivity contribution in [2.45, 2.75) is 6.54 Å². The third-order valence-electron chi connectivity index (χ3n) is 4.02. The second-order valence-corrected chi connectivity index (χ2v) is 5.92. The molecule has 3 aromatic rings. The first-order chi connectivity index (χ1) is 13.0. The lowest BCUT2D eigenvalue weighted by atomic mass is 10.2. The molecule has 0 unspecified atom stereocenters. The van der Waals surface area contributed by atoms with E-state index >= 15 is 0 Å². The molecule has 1 N–H and O–H groups in total. The predicted octanol–water partition coefficient (Wildman–Crippen LogP) is 3.43. The fourth-order valence-electron chi connectivity index (χ4n) is 2.50. The molecule has 3 rings (SSSR count). The number of aromatic nitrogens is 1. The van der Waals surface area contributed by atoms with Crippen LogP contribution in [0.15, 0.2) is 72.8 Å². The van der Waals surface area contributed by atoms with Gasteiger partial charge in [0.1, 0.15) is 17.2 Å². The molecule has 0 fully saturated rings. The summed E-state index contributed by atoms with van der Waals surface area (Å²) in [5.41, 5.74) is 1.82. The Bertz CT molecular complexity index is 943. The maximum atomic E-state index is 12.9. The van der Waals surface area contributed by atoms with Gasteiger partial charge in [0, 0.05) is 19.3 Å². The molecule has 0 spiro atoms. The highest BCUT2D eigenvalue weighted by Crippen LogP contribution is 2.14. The molecule has 1 aromatic heterocycles. The van der Waals surface area contributed by atoms with Crippen LogP contribution in [0.3, 0.4) is 0 Å². The van der Waals surface area contributed by atoms with Gasteiger partial charge in [0.05, 0.1) is 0 Å². The maximum absolute atomic E-state index is 12.9. The zero-order valence-electron chi connectivity index (χ0n) is 14.7. The van der Waals surface area contributed by atoms with Crippen LogP contribution in [-0.2, 0) is 6.54 Å². The quantitative estimate of drug-likeness (QED) is 0.755. The minimum absolute atomic E-state index is 0.143. The van der Waals surface area contributed by atoms with E-state index in [0.29, 0.717) is 0 Å². The Balaban J connectivity index is 1.70. The van der Waals surface area contributed by atoms with Crippen molar-refractivity contribution < 1.29 is 14.0 Å². The molecule has 0 bridgehead atoms. The van der Waals surface area contributed by atoms with Crippen LogP contribution in [-0.4, -0.2) is 23.8 Å². The number of benzene rings is 2. The molecule has 136 valence electrons. The molecule has 0 aliphatic carbocycles. The van der Waals surface area contributed by atoms with Crippen molar-refractivity contribution in [3.63, 3.8) is 0 Å². The van der Waals surface area contributed by atoms with E-state index in [1.54, 1.807) is 37.4 Å². The number of amides is 2. The lowest BCUT2D eigenvalue weighted by molar-refractivity contribution is 0.0945. The van der Waals surface area contributed by atoms with Crippen LogP contribution < -0.4 is 10.2 Å². The summed E-state index contributed by atoms with van der Waals surface area (Å²) in [5, 5.41) is 2.71. The van der Waals surface area contributed by atoms with Crippen LogP contribution in [0.1, 0.15) is 26.5 Å². The summed E-state index contributed by atoms with van der Waals surface area (Å²) in [6, 6.07) is 19.8. The molecule has 0 saturated carbocycles. The zero-order valence-corrected chi connectivity index (χ0v) is 14.7. The summed E-state index contributed by atoms with van der Waals surface area (Å²) in [6.45, 7) is 0.239. The SMILES string of the molecule is CN(C(=O)c1cccc(C(=O)NCc2ccc(F)cc2)n1)c1ccccc1. The predicted molar refractivity (Wildman–Crippen MR) is 101 cm³/mol. The molecule has 0 radical (unpaired) electrons. The van der Waals surface area contributed by atoms with Gasteiger partial charge in [0.25, 0.3) is 11.8 Å². The van der Waals surface area contributed by atoms with Gasteiger partial charge in [-0.15, -0.1) is 0 Å². The van der Waals surface area contributed by atoms with E-state index in [9.17, 15) is 14.0 Å². The van der Waals surface area contributed by atoms with Gasteiger partial charge in [0.2, 0.25) is 0 Å². The van der Waals surface area contributed by atoms with E-state index in [-0.39, 0.29) is 29.7 Å². The summed E-state index contributed by atoms with van der Waals surface area (Å²) < 4.78 is 12.9. The second-order valence-electron chi connectivity index (χ2n) is 5.92. The lowest BCUT2D eigenvalue weighted by Crippen LogP contribution is -2.29. The summed E-state index contributed by atoms with van der Waals surface area (Å²) in [7, 11) is 1.65. The molecule has 2 aromatic carbocycles. The molecule has 27 heavy (non-hydrogen) atoms. The van der Waals surface area contributed by atoms with Gasteiger partial charge in [0.15, 0.2) is 0 Å². The average molecular weight is 363 g/mol. The van der Waals surface area contributed by atoms with E-state index < -0.39 is 5.91 Å². The van der Waals surface area contributed by atoms with Gasteiger partial charge < -0.3 is 10.2 Å². The highest BCUT2D eigenvalue weighted by atomic mass is 19.1. The number of hydrogen-bond acceptors (Lipinski definition) is 3. The van der Waals surface area contributed by atoms with Crippen LogP contribution in [0.5, 0.6) is 0 Å². The average Bonchev–Trinajstić information content (AvgIpc) is 2.72. The zero-order chi connectivity index (χ0) is 19.2. The fraction of sp³-hybridized carbons (Fsp3) is 0.0952. The Labute approximate surface area is 156 Å². The van der Waals surface area contributed by atoms with Gasteiger partial charge in [-0.3, -0.25) is 9.59 Å². The summed E-state index contributed by atoms with van der Waals surface area (Å²) in [6.07, 6.45) is 0. The van der Waals surface area contributed by atoms with E-state index in [1.807, 2.05) is 30.3 Å². The van der Waals surface area contributed by atoms with Crippen LogP contribution in [0, 0.1) is 5.82 Å². The van der Waals surface area contributed by atoms with E-state index in [1.165, 1.54) is 17.0 Å². The van der Waals surface area contributed by atoms with Gasteiger partial charge in [-0.25, -0.2) is 9.37 Å². The minimum atomic E-state index is -0.406. The molecule has 0 aliphatic rings. The third kappa shape index (κ3) is 4.55. The topological polar surface area (TPSA) is 62.3 Å². The molecule has 6 heteroatoms. The number of para-hydroxylation sites is 1. The van der Waals surface area contributed by atoms with Crippen LogP contribution in [0.25, 0.3) is 0 Å². The van der Waals surface area contributed by atoms with Gasteiger partial charge in [-0.05, 0) is 42.0 Å². The minimum Gasteiger partial charge on any atom is -0.347 e. The number of nitrogens with one attached hydrogen (secondary N) is 1. The fourth-order valence-corrected chi connectivity index (χ4v) is 2.50. The normalized spacial score (nSPS) is 10.3. The van der Waals surface area contributed by atoms with Crippen molar-refractivity contribution in [1.29, 1.82) is 0 Å². The Morgan fingerprint density at radius 1 is 0.926 bits per heavy atom. The number of hydrogen-bond donors (Lipinski definition) is 1. The Hall–Kier alpha value is -3.54. The Morgan fingerprint density at radius 2 is 1.59 bits per heavy atom. The van der Waals surface area contributed by atoms with Gasteiger partial charge >= 0.3 is 0 Å². The lowest BCUT2D eigenvalue weighted by Gasteiger charge is -2.17. The monoisotopic (exact) mass is 363 g/mol. The smallest absolute Gasteiger partial charge is 0.276 e. The number of rotatable bonds is 5. The highest BCUT2D eigenvalue weighted by Gasteiger charge is 2.17. The summed E-state index contributed by atoms with van der Waals surface area (Å²) >= 11 is 0. The highest BCUT2D eigenvalue weighted by molar-refractivity contribution is 6.05. The molecule has 0 atom stereocenters. The van der Waals surface area contributed by atoms with Crippen LogP contribution >= 0.6 is 0 Å². The number of carbonyl (C=O) groups excluding carboxylic acids is 2. The number of pyridine rings is 1. The van der Waals surface area contributed by atoms with Crippen LogP contribution in [0.4, 0.5) is 10.1 Å². The standard InChI is InChI=1S/C21H18FN3O2/c1-25(17-6-3-2-4-7-17)21(27)19-9-5-8-18(24-19)20(26)23-14-15-10-12-16(22)13-11-15/h2-13H,14H2,1H3,(H,23,26). The summed E-state index contributed by atoms with van der Waals surface area (Å²) in [5.74, 6) is -1.05. The van der Waals surface area contributed by atoms with Crippen molar-refractivity contribution in [2.75, 3.05) is 11.9 Å². The largest absolute Gasteiger partial charge is 0.347 e. The first kappa shape index (κ1) is 18.3. The first-order valence-electron chi connectivity index (χ1n) is 8.37. The van der Waals surface area contributed by atoms with Gasteiger partial charge in [-0.2, -0.15) is 0 Å². The Morgan fingerprint density at radius 3 is 2.30 bits per heavy atom. The number of nitrogens with zero attached hydrogens (tertiary/aromatic N) is 2. The molecule has 0 aliphatic heterocycles. The van der Waals surface area contributed by atoms with E-state index in [0.717, 1.165) is 11.3 Å². The van der Waals surface area contributed by atoms with Crippen molar-refractivity contribution >= 4 is 17.5 Å². The second kappa shape index (κ2) is 8.23. The number of carbonyl (C=O) groups is 2. The van der Waals surface area contributed by atoms with E-state index in [2.05, 4.69) is 10.3 Å². The van der Waals surface area contributed by atoms with Crippen molar-refractivity contribution in [1.82, 2.24) is 10.3 Å². The van der Waals surface area contributed by atoms with E-state index in [4.69, 9.17) is 0 Å². The maximum Gasteiger partial charge on any atom is 0.276 e. The van der Waals surface area contributed by atoms with Gasteiger partial charge in [-0.1, -0.05) is 36.4 Å². The molecule has 5 nitrogen and oxygen atoms in total. The van der Waals surface area contributed by atoms with Crippen LogP contribution in [0.2, 0.25) is 0 Å². The van der Waals surface area contributed by atoms with Crippen molar-refractivity contribution in [3.05, 3.63) is 95.6 Å². The molecule has 0 saturated heterocycles. The number of anilines is 1. The molecular weight excluding hydrogens is 345 g/mol. The molecule has 2 amide bonds. The summed E-state index contributed by atoms with van der Waals surface area (Å²) in [4.78, 5) is 30.6. The Kier molecular flexibility index (Phi) is 5.56. The van der Waals surface area contributed by atoms with Crippen molar-refractivity contribution in [2.24, 2.45) is 0 Å². The molecular formula is C21H18FN3O2. The number of halogens is 1. The third-order valence-corrected chi connectivity index (χ3v) is 4.02. The van der Waals surface area contributed by atoms with Crippen molar-refractivity contribution in [3.8, 4) is 0 Å². The first-order valence-corrected chi connectivity index (χ1v) is 8.37. The molecule has 1 heterocycles.